The van der Waals surface area contributed by atoms with Crippen LogP contribution in [0.5, 0.6) is 0 Å². The van der Waals surface area contributed by atoms with Crippen molar-refractivity contribution in [2.75, 3.05) is 18.0 Å². The topological polar surface area (TPSA) is 12.0 Å². The van der Waals surface area contributed by atoms with Gasteiger partial charge in [-0.2, -0.15) is 0 Å². The fraction of sp³-hybridized carbons (Fsp3) is 0.667. The van der Waals surface area contributed by atoms with Crippen molar-refractivity contribution in [1.82, 2.24) is 5.32 Å². The zero-order valence-corrected chi connectivity index (χ0v) is 11.3. The summed E-state index contributed by atoms with van der Waals surface area (Å²) in [5, 5.41) is 3.19. The lowest BCUT2D eigenvalue weighted by molar-refractivity contribution is 0.355. The summed E-state index contributed by atoms with van der Waals surface area (Å²) < 4.78 is 14.0. The van der Waals surface area contributed by atoms with E-state index in [9.17, 15) is 4.39 Å². The van der Waals surface area contributed by atoms with E-state index in [1.807, 2.05) is 13.1 Å². The third-order valence-electron chi connectivity index (χ3n) is 2.94. The van der Waals surface area contributed by atoms with Gasteiger partial charge in [-0.15, -0.1) is 0 Å². The first kappa shape index (κ1) is 13.2. The fourth-order valence-electron chi connectivity index (χ4n) is 2.00. The number of hydrogen-bond donors (Lipinski definition) is 1. The van der Waals surface area contributed by atoms with Crippen LogP contribution in [0.4, 0.5) is 4.39 Å². The Morgan fingerprint density at radius 3 is 2.93 bits per heavy atom. The standard InChI is InChI=1S/C12H19FIN/c1-15-9-7-11(6-8-14)10-2-4-12(13)5-3-10/h2,4-5,10-11,15H,3,6-9H2,1H3. The van der Waals surface area contributed by atoms with Crippen LogP contribution in [0.1, 0.15) is 19.3 Å². The van der Waals surface area contributed by atoms with Crippen LogP contribution in [-0.2, 0) is 0 Å². The summed E-state index contributed by atoms with van der Waals surface area (Å²) >= 11 is 2.42. The maximum atomic E-state index is 12.8. The van der Waals surface area contributed by atoms with Gasteiger partial charge in [-0.05, 0) is 61.3 Å². The smallest absolute Gasteiger partial charge is 0.118 e. The molecule has 0 fully saturated rings. The second kappa shape index (κ2) is 7.39. The number of nitrogens with one attached hydrogen (secondary N) is 1. The summed E-state index contributed by atoms with van der Waals surface area (Å²) in [4.78, 5) is 0. The predicted octanol–water partition coefficient (Wildman–Crippen LogP) is 3.47. The molecule has 0 saturated carbocycles. The molecule has 0 radical (unpaired) electrons. The summed E-state index contributed by atoms with van der Waals surface area (Å²) in [6.45, 7) is 1.05. The molecular formula is C12H19FIN. The third kappa shape index (κ3) is 4.64. The highest BCUT2D eigenvalue weighted by molar-refractivity contribution is 14.1. The maximum Gasteiger partial charge on any atom is 0.118 e. The van der Waals surface area contributed by atoms with Gasteiger partial charge in [0.15, 0.2) is 0 Å². The van der Waals surface area contributed by atoms with Crippen molar-refractivity contribution in [3.8, 4) is 0 Å². The van der Waals surface area contributed by atoms with Crippen molar-refractivity contribution in [2.24, 2.45) is 11.8 Å². The average molecular weight is 323 g/mol. The van der Waals surface area contributed by atoms with E-state index in [1.165, 1.54) is 17.3 Å². The molecule has 0 amide bonds. The molecule has 1 rings (SSSR count). The Hall–Kier alpha value is 0.1000. The van der Waals surface area contributed by atoms with Gasteiger partial charge in [0.05, 0.1) is 0 Å². The second-order valence-electron chi connectivity index (χ2n) is 3.98. The lowest BCUT2D eigenvalue weighted by atomic mass is 9.83. The monoisotopic (exact) mass is 323 g/mol. The zero-order valence-electron chi connectivity index (χ0n) is 9.18. The van der Waals surface area contributed by atoms with Gasteiger partial charge in [0, 0.05) is 0 Å². The highest BCUT2D eigenvalue weighted by Gasteiger charge is 2.19. The Kier molecular flexibility index (Phi) is 6.48. The molecule has 0 aromatic carbocycles. The summed E-state index contributed by atoms with van der Waals surface area (Å²) in [7, 11) is 1.98. The zero-order chi connectivity index (χ0) is 11.1. The number of rotatable bonds is 6. The predicted molar refractivity (Wildman–Crippen MR) is 72.0 cm³/mol. The van der Waals surface area contributed by atoms with Gasteiger partial charge >= 0.3 is 0 Å². The van der Waals surface area contributed by atoms with E-state index in [4.69, 9.17) is 0 Å². The summed E-state index contributed by atoms with van der Waals surface area (Å²) in [6.07, 6.45) is 8.66. The van der Waals surface area contributed by atoms with Crippen LogP contribution in [0.25, 0.3) is 0 Å². The second-order valence-corrected chi connectivity index (χ2v) is 5.06. The molecule has 1 aliphatic carbocycles. The maximum absolute atomic E-state index is 12.8. The van der Waals surface area contributed by atoms with Crippen LogP contribution in [0.3, 0.4) is 0 Å². The molecule has 2 unspecified atom stereocenters. The van der Waals surface area contributed by atoms with Crippen LogP contribution in [0, 0.1) is 11.8 Å². The number of allylic oxidation sites excluding steroid dienone is 4. The lowest BCUT2D eigenvalue weighted by Gasteiger charge is -2.24. The van der Waals surface area contributed by atoms with Crippen molar-refractivity contribution in [3.63, 3.8) is 0 Å². The Bertz CT molecular complexity index is 238. The molecule has 2 atom stereocenters. The molecule has 0 aliphatic heterocycles. The highest BCUT2D eigenvalue weighted by atomic mass is 127. The molecule has 1 aliphatic rings. The molecule has 0 heterocycles. The van der Waals surface area contributed by atoms with Crippen LogP contribution in [0.2, 0.25) is 0 Å². The lowest BCUT2D eigenvalue weighted by Crippen LogP contribution is -2.20. The van der Waals surface area contributed by atoms with Crippen LogP contribution < -0.4 is 5.32 Å². The van der Waals surface area contributed by atoms with Gasteiger partial charge in [-0.1, -0.05) is 28.7 Å². The van der Waals surface area contributed by atoms with Gasteiger partial charge in [-0.25, -0.2) is 4.39 Å². The molecule has 0 spiro atoms. The quantitative estimate of drug-likeness (QED) is 0.583. The van der Waals surface area contributed by atoms with Gasteiger partial charge in [0.1, 0.15) is 5.83 Å². The van der Waals surface area contributed by atoms with Crippen molar-refractivity contribution < 1.29 is 4.39 Å². The Balaban J connectivity index is 2.45. The van der Waals surface area contributed by atoms with Crippen molar-refractivity contribution in [1.29, 1.82) is 0 Å². The number of halogens is 2. The Morgan fingerprint density at radius 1 is 1.60 bits per heavy atom. The SMILES string of the molecule is CNCCC(CCI)C1C=CC(F)=CC1. The van der Waals surface area contributed by atoms with E-state index in [2.05, 4.69) is 27.9 Å². The van der Waals surface area contributed by atoms with Gasteiger partial charge in [0.2, 0.25) is 0 Å². The molecular weight excluding hydrogens is 304 g/mol. The number of hydrogen-bond acceptors (Lipinski definition) is 1. The van der Waals surface area contributed by atoms with Gasteiger partial charge in [0.25, 0.3) is 0 Å². The molecule has 3 heteroatoms. The van der Waals surface area contributed by atoms with E-state index in [0.717, 1.165) is 13.0 Å². The van der Waals surface area contributed by atoms with Crippen molar-refractivity contribution in [2.45, 2.75) is 19.3 Å². The van der Waals surface area contributed by atoms with Crippen molar-refractivity contribution in [3.05, 3.63) is 24.1 Å². The third-order valence-corrected chi connectivity index (χ3v) is 3.56. The molecule has 15 heavy (non-hydrogen) atoms. The molecule has 0 bridgehead atoms. The van der Waals surface area contributed by atoms with E-state index in [0.29, 0.717) is 11.8 Å². The molecule has 1 nitrogen and oxygen atoms in total. The van der Waals surface area contributed by atoms with E-state index in [1.54, 1.807) is 12.2 Å². The van der Waals surface area contributed by atoms with E-state index < -0.39 is 0 Å². The van der Waals surface area contributed by atoms with Crippen LogP contribution in [-0.4, -0.2) is 18.0 Å². The van der Waals surface area contributed by atoms with E-state index >= 15 is 0 Å². The molecule has 86 valence electrons. The van der Waals surface area contributed by atoms with Crippen molar-refractivity contribution >= 4 is 22.6 Å². The minimum absolute atomic E-state index is 0.0758. The average Bonchev–Trinajstić information content (AvgIpc) is 2.25. The minimum atomic E-state index is -0.0758. The summed E-state index contributed by atoms with van der Waals surface area (Å²) in [5.41, 5.74) is 0. The Morgan fingerprint density at radius 2 is 2.40 bits per heavy atom. The summed E-state index contributed by atoms with van der Waals surface area (Å²) in [5.74, 6) is 1.15. The Labute approximate surface area is 105 Å². The first-order valence-corrected chi connectivity index (χ1v) is 7.05. The highest BCUT2D eigenvalue weighted by Crippen LogP contribution is 2.29. The normalized spacial score (nSPS) is 22.6. The molecule has 0 aromatic heterocycles. The molecule has 0 aromatic rings. The largest absolute Gasteiger partial charge is 0.320 e. The number of alkyl halides is 1. The first-order valence-electron chi connectivity index (χ1n) is 5.52. The minimum Gasteiger partial charge on any atom is -0.320 e. The molecule has 0 saturated heterocycles. The summed E-state index contributed by atoms with van der Waals surface area (Å²) in [6, 6.07) is 0. The van der Waals surface area contributed by atoms with Crippen LogP contribution in [0.15, 0.2) is 24.1 Å². The van der Waals surface area contributed by atoms with E-state index in [-0.39, 0.29) is 5.83 Å². The fourth-order valence-corrected chi connectivity index (χ4v) is 2.80. The van der Waals surface area contributed by atoms with Gasteiger partial charge < -0.3 is 5.32 Å². The molecule has 1 N–H and O–H groups in total. The van der Waals surface area contributed by atoms with Gasteiger partial charge in [-0.3, -0.25) is 0 Å². The van der Waals surface area contributed by atoms with Crippen LogP contribution >= 0.6 is 22.6 Å². The first-order chi connectivity index (χ1) is 7.27.